The van der Waals surface area contributed by atoms with Crippen LogP contribution in [0.1, 0.15) is 34.1 Å². The predicted molar refractivity (Wildman–Crippen MR) is 105 cm³/mol. The summed E-state index contributed by atoms with van der Waals surface area (Å²) in [6.07, 6.45) is 0.365. The first-order valence-electron chi connectivity index (χ1n) is 8.91. The third kappa shape index (κ3) is 4.04. The maximum Gasteiger partial charge on any atom is 0.245 e. The van der Waals surface area contributed by atoms with Gasteiger partial charge in [-0.15, -0.1) is 0 Å². The van der Waals surface area contributed by atoms with Crippen molar-refractivity contribution < 1.29 is 22.7 Å². The van der Waals surface area contributed by atoms with Crippen LogP contribution in [0.4, 0.5) is 11.4 Å². The Hall–Kier alpha value is -1.84. The van der Waals surface area contributed by atoms with Gasteiger partial charge in [-0.05, 0) is 26.0 Å². The van der Waals surface area contributed by atoms with E-state index in [-0.39, 0.29) is 17.8 Å². The second kappa shape index (κ2) is 7.65. The molecule has 1 amide bonds. The largest absolute Gasteiger partial charge is 0.494 e. The molecule has 0 aromatic heterocycles. The SMILES string of the molecule is CCOC1CC(N)(C(=O)Nc2ccc(NS(=O)(=O)CC)c(OC)c2)C1(C)C. The molecule has 152 valence electrons. The van der Waals surface area contributed by atoms with E-state index in [4.69, 9.17) is 15.2 Å². The van der Waals surface area contributed by atoms with E-state index in [2.05, 4.69) is 10.0 Å². The van der Waals surface area contributed by atoms with Gasteiger partial charge in [0.25, 0.3) is 0 Å². The Bertz CT molecular complexity index is 809. The number of rotatable bonds is 8. The van der Waals surface area contributed by atoms with E-state index in [1.54, 1.807) is 25.1 Å². The Morgan fingerprint density at radius 2 is 2.00 bits per heavy atom. The number of hydrogen-bond donors (Lipinski definition) is 3. The van der Waals surface area contributed by atoms with Crippen molar-refractivity contribution in [3.8, 4) is 5.75 Å². The molecule has 2 unspecified atom stereocenters. The molecule has 1 aromatic rings. The zero-order chi connectivity index (χ0) is 20.5. The van der Waals surface area contributed by atoms with Gasteiger partial charge in [-0.25, -0.2) is 8.42 Å². The molecule has 0 spiro atoms. The summed E-state index contributed by atoms with van der Waals surface area (Å²) in [6, 6.07) is 4.70. The zero-order valence-electron chi connectivity index (χ0n) is 16.5. The van der Waals surface area contributed by atoms with E-state index in [9.17, 15) is 13.2 Å². The summed E-state index contributed by atoms with van der Waals surface area (Å²) in [7, 11) is -2.01. The maximum absolute atomic E-state index is 12.8. The first kappa shape index (κ1) is 21.5. The van der Waals surface area contributed by atoms with Crippen LogP contribution in [0.25, 0.3) is 0 Å². The highest BCUT2D eigenvalue weighted by Crippen LogP contribution is 2.50. The van der Waals surface area contributed by atoms with Crippen LogP contribution < -0.4 is 20.5 Å². The van der Waals surface area contributed by atoms with Crippen LogP contribution in [-0.4, -0.2) is 45.4 Å². The lowest BCUT2D eigenvalue weighted by atomic mass is 9.54. The molecule has 2 rings (SSSR count). The van der Waals surface area contributed by atoms with Crippen LogP contribution >= 0.6 is 0 Å². The standard InChI is InChI=1S/C18H29N3O5S/c1-6-26-15-11-18(19,17(15,3)4)16(22)20-12-8-9-13(14(10-12)25-5)21-27(23,24)7-2/h8-10,15,21H,6-7,11,19H2,1-5H3,(H,20,22). The third-order valence-corrected chi connectivity index (χ3v) is 6.63. The van der Waals surface area contributed by atoms with Crippen LogP contribution in [0.5, 0.6) is 5.75 Å². The minimum absolute atomic E-state index is 0.0551. The van der Waals surface area contributed by atoms with E-state index in [0.29, 0.717) is 30.2 Å². The van der Waals surface area contributed by atoms with Gasteiger partial charge in [-0.1, -0.05) is 13.8 Å². The van der Waals surface area contributed by atoms with Crippen molar-refractivity contribution in [3.05, 3.63) is 18.2 Å². The van der Waals surface area contributed by atoms with Gasteiger partial charge in [0.1, 0.15) is 11.3 Å². The number of nitrogens with two attached hydrogens (primary N) is 1. The van der Waals surface area contributed by atoms with Crippen LogP contribution in [0.3, 0.4) is 0 Å². The van der Waals surface area contributed by atoms with Crippen molar-refractivity contribution in [3.63, 3.8) is 0 Å². The lowest BCUT2D eigenvalue weighted by Crippen LogP contribution is -2.74. The minimum atomic E-state index is -3.44. The number of methoxy groups -OCH3 is 1. The molecule has 0 saturated heterocycles. The summed E-state index contributed by atoms with van der Waals surface area (Å²) < 4.78 is 36.9. The van der Waals surface area contributed by atoms with Gasteiger partial charge in [0.2, 0.25) is 15.9 Å². The molecular formula is C18H29N3O5S. The Balaban J connectivity index is 2.17. The van der Waals surface area contributed by atoms with Crippen LogP contribution in [0.15, 0.2) is 18.2 Å². The Kier molecular flexibility index (Phi) is 6.08. The Morgan fingerprint density at radius 1 is 1.33 bits per heavy atom. The normalized spacial score (nSPS) is 24.0. The third-order valence-electron chi connectivity index (χ3n) is 5.34. The fourth-order valence-electron chi connectivity index (χ4n) is 3.16. The number of benzene rings is 1. The highest BCUT2D eigenvalue weighted by Gasteiger charge is 2.62. The Morgan fingerprint density at radius 3 is 2.52 bits per heavy atom. The molecule has 0 bridgehead atoms. The van der Waals surface area contributed by atoms with E-state index < -0.39 is 21.0 Å². The van der Waals surface area contributed by atoms with Crippen molar-refractivity contribution in [1.82, 2.24) is 0 Å². The Labute approximate surface area is 160 Å². The molecule has 1 aliphatic carbocycles. The molecule has 1 aromatic carbocycles. The highest BCUT2D eigenvalue weighted by molar-refractivity contribution is 7.92. The monoisotopic (exact) mass is 399 g/mol. The maximum atomic E-state index is 12.8. The quantitative estimate of drug-likeness (QED) is 0.614. The molecule has 1 aliphatic rings. The van der Waals surface area contributed by atoms with Gasteiger partial charge in [0.05, 0.1) is 24.7 Å². The van der Waals surface area contributed by atoms with Crippen molar-refractivity contribution >= 4 is 27.3 Å². The summed E-state index contributed by atoms with van der Waals surface area (Å²) in [4.78, 5) is 12.8. The summed E-state index contributed by atoms with van der Waals surface area (Å²) >= 11 is 0. The molecular weight excluding hydrogens is 370 g/mol. The van der Waals surface area contributed by atoms with Gasteiger partial charge >= 0.3 is 0 Å². The zero-order valence-corrected chi connectivity index (χ0v) is 17.3. The molecule has 0 heterocycles. The number of sulfonamides is 1. The van der Waals surface area contributed by atoms with E-state index in [0.717, 1.165) is 0 Å². The van der Waals surface area contributed by atoms with Crippen LogP contribution in [0, 0.1) is 5.41 Å². The summed E-state index contributed by atoms with van der Waals surface area (Å²) in [5.41, 5.74) is 5.60. The molecule has 9 heteroatoms. The lowest BCUT2D eigenvalue weighted by Gasteiger charge is -2.57. The molecule has 2 atom stereocenters. The average molecular weight is 400 g/mol. The molecule has 0 radical (unpaired) electrons. The fourth-order valence-corrected chi connectivity index (χ4v) is 3.80. The van der Waals surface area contributed by atoms with Gasteiger partial charge in [-0.3, -0.25) is 9.52 Å². The van der Waals surface area contributed by atoms with E-state index in [1.807, 2.05) is 20.8 Å². The van der Waals surface area contributed by atoms with Gasteiger partial charge in [0.15, 0.2) is 0 Å². The van der Waals surface area contributed by atoms with Crippen LogP contribution in [0.2, 0.25) is 0 Å². The average Bonchev–Trinajstić information content (AvgIpc) is 2.62. The summed E-state index contributed by atoms with van der Waals surface area (Å²) in [5, 5.41) is 2.80. The van der Waals surface area contributed by atoms with Crippen molar-refractivity contribution in [1.29, 1.82) is 0 Å². The highest BCUT2D eigenvalue weighted by atomic mass is 32.2. The number of nitrogens with one attached hydrogen (secondary N) is 2. The molecule has 0 aliphatic heterocycles. The summed E-state index contributed by atoms with van der Waals surface area (Å²) in [6.45, 7) is 7.85. The molecule has 8 nitrogen and oxygen atoms in total. The van der Waals surface area contributed by atoms with Gasteiger partial charge in [0, 0.05) is 30.2 Å². The summed E-state index contributed by atoms with van der Waals surface area (Å²) in [5.74, 6) is -0.0659. The minimum Gasteiger partial charge on any atom is -0.494 e. The van der Waals surface area contributed by atoms with E-state index >= 15 is 0 Å². The molecule has 1 saturated carbocycles. The smallest absolute Gasteiger partial charge is 0.245 e. The molecule has 1 fully saturated rings. The lowest BCUT2D eigenvalue weighted by molar-refractivity contribution is -0.166. The number of amides is 1. The first-order valence-corrected chi connectivity index (χ1v) is 10.6. The fraction of sp³-hybridized carbons (Fsp3) is 0.611. The second-order valence-corrected chi connectivity index (χ2v) is 9.23. The van der Waals surface area contributed by atoms with Crippen molar-refractivity contribution in [2.75, 3.05) is 29.5 Å². The van der Waals surface area contributed by atoms with Crippen LogP contribution in [-0.2, 0) is 19.6 Å². The van der Waals surface area contributed by atoms with Crippen molar-refractivity contribution in [2.24, 2.45) is 11.1 Å². The second-order valence-electron chi connectivity index (χ2n) is 7.22. The number of ether oxygens (including phenoxy) is 2. The van der Waals surface area contributed by atoms with E-state index in [1.165, 1.54) is 7.11 Å². The molecule has 27 heavy (non-hydrogen) atoms. The number of carbonyl (C=O) groups excluding carboxylic acids is 1. The number of hydrogen-bond acceptors (Lipinski definition) is 6. The number of anilines is 2. The first-order chi connectivity index (χ1) is 12.5. The van der Waals surface area contributed by atoms with Crippen molar-refractivity contribution in [2.45, 2.75) is 45.8 Å². The van der Waals surface area contributed by atoms with Gasteiger partial charge < -0.3 is 20.5 Å². The predicted octanol–water partition coefficient (Wildman–Crippen LogP) is 1.93. The molecule has 4 N–H and O–H groups in total. The topological polar surface area (TPSA) is 120 Å². The number of carbonyl (C=O) groups is 1. The van der Waals surface area contributed by atoms with Gasteiger partial charge in [-0.2, -0.15) is 0 Å².